The maximum absolute atomic E-state index is 11.1. The van der Waals surface area contributed by atoms with Crippen LogP contribution in [0.2, 0.25) is 5.02 Å². The number of halogens is 1. The van der Waals surface area contributed by atoms with Crippen LogP contribution in [0.15, 0.2) is 18.2 Å². The smallest absolute Gasteiger partial charge is 0.152 e. The van der Waals surface area contributed by atoms with Gasteiger partial charge >= 0.3 is 0 Å². The van der Waals surface area contributed by atoms with Crippen LogP contribution < -0.4 is 4.90 Å². The van der Waals surface area contributed by atoms with E-state index >= 15 is 0 Å². The molecule has 2 rings (SSSR count). The predicted molar refractivity (Wildman–Crippen MR) is 75.6 cm³/mol. The molecule has 0 amide bonds. The van der Waals surface area contributed by atoms with Crippen LogP contribution in [0.5, 0.6) is 0 Å². The zero-order valence-corrected chi connectivity index (χ0v) is 11.6. The van der Waals surface area contributed by atoms with E-state index in [2.05, 4.69) is 18.7 Å². The van der Waals surface area contributed by atoms with Crippen molar-refractivity contribution in [2.75, 3.05) is 18.0 Å². The van der Waals surface area contributed by atoms with Crippen LogP contribution in [-0.4, -0.2) is 29.9 Å². The van der Waals surface area contributed by atoms with E-state index in [-0.39, 0.29) is 0 Å². The minimum atomic E-state index is 0.581. The van der Waals surface area contributed by atoms with Crippen LogP contribution in [0, 0.1) is 0 Å². The number of carbonyl (C=O) groups is 1. The molecule has 1 fully saturated rings. The number of anilines is 1. The molecule has 0 aromatic heterocycles. The first kappa shape index (κ1) is 12.8. The van der Waals surface area contributed by atoms with Gasteiger partial charge in [0.1, 0.15) is 0 Å². The Hall–Kier alpha value is -0.670. The Morgan fingerprint density at radius 1 is 1.35 bits per heavy atom. The van der Waals surface area contributed by atoms with Crippen molar-refractivity contribution in [3.05, 3.63) is 28.8 Å². The maximum atomic E-state index is 11.1. The maximum Gasteiger partial charge on any atom is 0.152 e. The SMILES string of the molecule is CC1CN(c2cc(Cl)ccc2C=O)CC(C)S1. The molecule has 0 radical (unpaired) electrons. The Kier molecular flexibility index (Phi) is 4.00. The lowest BCUT2D eigenvalue weighted by Gasteiger charge is -2.36. The monoisotopic (exact) mass is 269 g/mol. The molecule has 1 aliphatic heterocycles. The molecule has 4 heteroatoms. The second-order valence-corrected chi connectivity index (χ2v) is 6.80. The molecule has 2 unspecified atom stereocenters. The minimum absolute atomic E-state index is 0.581. The standard InChI is InChI=1S/C13H16ClNOS/c1-9-6-15(7-10(2)17-9)13-5-12(14)4-3-11(13)8-16/h3-5,8-10H,6-7H2,1-2H3. The molecule has 0 aliphatic carbocycles. The van der Waals surface area contributed by atoms with Crippen molar-refractivity contribution in [3.8, 4) is 0 Å². The number of hydrogen-bond donors (Lipinski definition) is 0. The van der Waals surface area contributed by atoms with Gasteiger partial charge in [-0.25, -0.2) is 0 Å². The Labute approximate surface area is 111 Å². The Morgan fingerprint density at radius 3 is 2.59 bits per heavy atom. The highest BCUT2D eigenvalue weighted by Gasteiger charge is 2.23. The number of nitrogens with zero attached hydrogens (tertiary/aromatic N) is 1. The van der Waals surface area contributed by atoms with E-state index < -0.39 is 0 Å². The third-order valence-electron chi connectivity index (χ3n) is 2.88. The summed E-state index contributed by atoms with van der Waals surface area (Å²) in [5.41, 5.74) is 1.69. The van der Waals surface area contributed by atoms with E-state index in [4.69, 9.17) is 11.6 Å². The van der Waals surface area contributed by atoms with Gasteiger partial charge < -0.3 is 4.90 Å². The second kappa shape index (κ2) is 5.32. The topological polar surface area (TPSA) is 20.3 Å². The zero-order chi connectivity index (χ0) is 12.4. The normalized spacial score (nSPS) is 24.8. The fourth-order valence-corrected chi connectivity index (χ4v) is 3.76. The summed E-state index contributed by atoms with van der Waals surface area (Å²) in [5.74, 6) is 0. The van der Waals surface area contributed by atoms with Gasteiger partial charge in [0, 0.05) is 39.9 Å². The predicted octanol–water partition coefficient (Wildman–Crippen LogP) is 3.48. The fourth-order valence-electron chi connectivity index (χ4n) is 2.26. The average Bonchev–Trinajstić information content (AvgIpc) is 2.27. The number of hydrogen-bond acceptors (Lipinski definition) is 3. The van der Waals surface area contributed by atoms with Gasteiger partial charge in [-0.1, -0.05) is 25.4 Å². The van der Waals surface area contributed by atoms with Crippen molar-refractivity contribution >= 4 is 35.3 Å². The van der Waals surface area contributed by atoms with Gasteiger partial charge in [-0.2, -0.15) is 11.8 Å². The highest BCUT2D eigenvalue weighted by Crippen LogP contribution is 2.31. The lowest BCUT2D eigenvalue weighted by atomic mass is 10.1. The highest BCUT2D eigenvalue weighted by molar-refractivity contribution is 8.00. The molecule has 0 bridgehead atoms. The average molecular weight is 270 g/mol. The molecule has 1 aromatic carbocycles. The number of carbonyl (C=O) groups excluding carboxylic acids is 1. The van der Waals surface area contributed by atoms with E-state index in [1.807, 2.05) is 17.8 Å². The lowest BCUT2D eigenvalue weighted by Crippen LogP contribution is -2.40. The molecule has 1 aliphatic rings. The van der Waals surface area contributed by atoms with Crippen LogP contribution in [0.1, 0.15) is 24.2 Å². The van der Waals surface area contributed by atoms with Gasteiger partial charge in [0.2, 0.25) is 0 Å². The number of aldehydes is 1. The molecule has 1 saturated heterocycles. The first-order chi connectivity index (χ1) is 8.10. The van der Waals surface area contributed by atoms with E-state index in [9.17, 15) is 4.79 Å². The Bertz CT molecular complexity index is 414. The molecule has 1 aromatic rings. The molecule has 1 heterocycles. The van der Waals surface area contributed by atoms with Gasteiger partial charge in [-0.3, -0.25) is 4.79 Å². The van der Waals surface area contributed by atoms with Gasteiger partial charge in [-0.15, -0.1) is 0 Å². The van der Waals surface area contributed by atoms with Crippen molar-refractivity contribution in [1.29, 1.82) is 0 Å². The summed E-state index contributed by atoms with van der Waals surface area (Å²) in [6.07, 6.45) is 0.906. The Morgan fingerprint density at radius 2 is 2.00 bits per heavy atom. The first-order valence-corrected chi connectivity index (χ1v) is 7.07. The minimum Gasteiger partial charge on any atom is -0.369 e. The molecular weight excluding hydrogens is 254 g/mol. The highest BCUT2D eigenvalue weighted by atomic mass is 35.5. The van der Waals surface area contributed by atoms with E-state index in [0.29, 0.717) is 15.5 Å². The van der Waals surface area contributed by atoms with Gasteiger partial charge in [0.05, 0.1) is 0 Å². The van der Waals surface area contributed by atoms with Crippen LogP contribution in [-0.2, 0) is 0 Å². The zero-order valence-electron chi connectivity index (χ0n) is 10.0. The summed E-state index contributed by atoms with van der Waals surface area (Å²) in [6, 6.07) is 5.45. The summed E-state index contributed by atoms with van der Waals surface area (Å²) in [6.45, 7) is 6.38. The van der Waals surface area contributed by atoms with E-state index in [1.54, 1.807) is 12.1 Å². The summed E-state index contributed by atoms with van der Waals surface area (Å²) in [7, 11) is 0. The van der Waals surface area contributed by atoms with Crippen molar-refractivity contribution < 1.29 is 4.79 Å². The van der Waals surface area contributed by atoms with Gasteiger partial charge in [0.25, 0.3) is 0 Å². The van der Waals surface area contributed by atoms with Crippen LogP contribution in [0.3, 0.4) is 0 Å². The Balaban J connectivity index is 2.31. The molecular formula is C13H16ClNOS. The fraction of sp³-hybridized carbons (Fsp3) is 0.462. The largest absolute Gasteiger partial charge is 0.369 e. The molecule has 17 heavy (non-hydrogen) atoms. The molecule has 2 nitrogen and oxygen atoms in total. The third kappa shape index (κ3) is 2.96. The molecule has 2 atom stereocenters. The second-order valence-electron chi connectivity index (χ2n) is 4.48. The molecule has 0 spiro atoms. The van der Waals surface area contributed by atoms with Gasteiger partial charge in [-0.05, 0) is 18.2 Å². The third-order valence-corrected chi connectivity index (χ3v) is 4.34. The van der Waals surface area contributed by atoms with Crippen molar-refractivity contribution in [1.82, 2.24) is 0 Å². The first-order valence-electron chi connectivity index (χ1n) is 5.75. The summed E-state index contributed by atoms with van der Waals surface area (Å²) < 4.78 is 0. The van der Waals surface area contributed by atoms with Crippen LogP contribution >= 0.6 is 23.4 Å². The van der Waals surface area contributed by atoms with E-state index in [1.165, 1.54) is 0 Å². The number of rotatable bonds is 2. The summed E-state index contributed by atoms with van der Waals surface area (Å²) in [5, 5.41) is 1.85. The van der Waals surface area contributed by atoms with E-state index in [0.717, 1.165) is 30.6 Å². The van der Waals surface area contributed by atoms with Crippen molar-refractivity contribution in [2.24, 2.45) is 0 Å². The quantitative estimate of drug-likeness (QED) is 0.767. The van der Waals surface area contributed by atoms with Crippen molar-refractivity contribution in [2.45, 2.75) is 24.3 Å². The van der Waals surface area contributed by atoms with Crippen LogP contribution in [0.25, 0.3) is 0 Å². The summed E-state index contributed by atoms with van der Waals surface area (Å²) in [4.78, 5) is 13.3. The molecule has 92 valence electrons. The molecule has 0 saturated carbocycles. The van der Waals surface area contributed by atoms with Crippen molar-refractivity contribution in [3.63, 3.8) is 0 Å². The lowest BCUT2D eigenvalue weighted by molar-refractivity contribution is 0.112. The number of benzene rings is 1. The van der Waals surface area contributed by atoms with Gasteiger partial charge in [0.15, 0.2) is 6.29 Å². The molecule has 0 N–H and O–H groups in total. The van der Waals surface area contributed by atoms with Crippen LogP contribution in [0.4, 0.5) is 5.69 Å². The summed E-state index contributed by atoms with van der Waals surface area (Å²) >= 11 is 8.01. The number of thioether (sulfide) groups is 1.